The molecule has 3 N–H and O–H groups in total. The van der Waals surface area contributed by atoms with Crippen LogP contribution in [-0.2, 0) is 6.54 Å². The van der Waals surface area contributed by atoms with Crippen molar-refractivity contribution in [2.24, 2.45) is 0 Å². The number of nitrogens with one attached hydrogen (secondary N) is 1. The Labute approximate surface area is 114 Å². The van der Waals surface area contributed by atoms with E-state index in [1.807, 2.05) is 12.1 Å². The predicted octanol–water partition coefficient (Wildman–Crippen LogP) is -0.537. The van der Waals surface area contributed by atoms with Crippen LogP contribution in [0.15, 0.2) is 24.3 Å². The minimum absolute atomic E-state index is 0.143. The van der Waals surface area contributed by atoms with Crippen molar-refractivity contribution in [1.82, 2.24) is 5.32 Å². The number of rotatable bonds is 4. The van der Waals surface area contributed by atoms with E-state index >= 15 is 0 Å². The van der Waals surface area contributed by atoms with Gasteiger partial charge in [0.15, 0.2) is 0 Å². The van der Waals surface area contributed by atoms with Gasteiger partial charge >= 0.3 is 115 Å². The van der Waals surface area contributed by atoms with Crippen LogP contribution in [0.5, 0.6) is 5.75 Å². The second kappa shape index (κ2) is 6.34. The number of benzene rings is 1. The maximum atomic E-state index is 9.47. The first kappa shape index (κ1) is 12.8. The molecule has 0 heterocycles. The van der Waals surface area contributed by atoms with Crippen LogP contribution in [0.1, 0.15) is 5.56 Å². The van der Waals surface area contributed by atoms with Crippen LogP contribution in [0.4, 0.5) is 0 Å². The molecule has 2 atom stereocenters. The molecule has 0 saturated heterocycles. The topological polar surface area (TPSA) is 52.5 Å². The van der Waals surface area contributed by atoms with E-state index in [4.69, 9.17) is 0 Å². The molecule has 3 nitrogen and oxygen atoms in total. The molecule has 1 aromatic rings. The summed E-state index contributed by atoms with van der Waals surface area (Å²) in [5, 5.41) is 22.0. The van der Waals surface area contributed by atoms with Gasteiger partial charge in [-0.1, -0.05) is 0 Å². The molecule has 0 aromatic heterocycles. The number of aliphatic hydroxyl groups excluding tert-OH is 1. The van der Waals surface area contributed by atoms with Gasteiger partial charge in [0.2, 0.25) is 0 Å². The first-order valence-corrected chi connectivity index (χ1v) is 7.77. The molecular weight excluding hydrogens is 572 g/mol. The SMILES string of the molecule is Oc1ccccc1CN[C@H]([Po])[C@@H](O)[Po]. The van der Waals surface area contributed by atoms with Crippen molar-refractivity contribution in [2.75, 3.05) is 0 Å². The second-order valence-corrected chi connectivity index (χ2v) is 6.67. The first-order valence-electron chi connectivity index (χ1n) is 4.11. The Morgan fingerprint density at radius 3 is 2.50 bits per heavy atom. The number of aliphatic hydroxyl groups is 1. The van der Waals surface area contributed by atoms with Crippen molar-refractivity contribution in [1.29, 1.82) is 0 Å². The molecule has 0 aliphatic carbocycles. The van der Waals surface area contributed by atoms with Crippen molar-refractivity contribution >= 4 is 50.1 Å². The second-order valence-electron chi connectivity index (χ2n) is 2.82. The fourth-order valence-electron chi connectivity index (χ4n) is 0.972. The minimum atomic E-state index is -0.268. The number of hydrogen-bond donors (Lipinski definition) is 3. The quantitative estimate of drug-likeness (QED) is 0.447. The van der Waals surface area contributed by atoms with E-state index in [0.29, 0.717) is 12.3 Å². The summed E-state index contributed by atoms with van der Waals surface area (Å²) in [6.45, 7) is 0.602. The van der Waals surface area contributed by atoms with E-state index in [1.165, 1.54) is 50.1 Å². The summed E-state index contributed by atoms with van der Waals surface area (Å²) in [7, 11) is 0. The molecule has 1 rings (SSSR count). The molecule has 2 radical (unpaired) electrons. The third-order valence-electron chi connectivity index (χ3n) is 1.74. The van der Waals surface area contributed by atoms with E-state index in [2.05, 4.69) is 5.32 Å². The molecule has 0 spiro atoms. The Balaban J connectivity index is 2.50. The van der Waals surface area contributed by atoms with E-state index in [0.717, 1.165) is 5.56 Å². The van der Waals surface area contributed by atoms with Gasteiger partial charge in [-0.3, -0.25) is 0 Å². The molecule has 0 amide bonds. The number of hydrogen-bond acceptors (Lipinski definition) is 3. The third-order valence-corrected chi connectivity index (χ3v) is 7.62. The fraction of sp³-hybridized carbons (Fsp3) is 0.333. The van der Waals surface area contributed by atoms with E-state index in [-0.39, 0.29) is 7.46 Å². The van der Waals surface area contributed by atoms with Crippen LogP contribution in [0.3, 0.4) is 0 Å². The zero-order valence-corrected chi connectivity index (χ0v) is 13.7. The molecule has 0 fully saturated rings. The molecule has 0 aliphatic rings. The van der Waals surface area contributed by atoms with Gasteiger partial charge in [-0.25, -0.2) is 0 Å². The summed E-state index contributed by atoms with van der Waals surface area (Å²) in [5.74, 6) is 0.306. The average Bonchev–Trinajstić information content (AvgIpc) is 2.16. The summed E-state index contributed by atoms with van der Waals surface area (Å²) in [6, 6.07) is 7.23. The summed E-state index contributed by atoms with van der Waals surface area (Å²) >= 11 is 2.49. The van der Waals surface area contributed by atoms with E-state index < -0.39 is 0 Å². The predicted molar refractivity (Wildman–Crippen MR) is 56.2 cm³/mol. The van der Waals surface area contributed by atoms with Gasteiger partial charge < -0.3 is 0 Å². The van der Waals surface area contributed by atoms with Gasteiger partial charge in [0, 0.05) is 0 Å². The van der Waals surface area contributed by atoms with Crippen LogP contribution >= 0.6 is 0 Å². The summed E-state index contributed by atoms with van der Waals surface area (Å²) < 4.78 is -0.125. The zero-order chi connectivity index (χ0) is 10.6. The molecular formula is C9H11NO2Po2. The maximum absolute atomic E-state index is 9.47. The number of phenols is 1. The van der Waals surface area contributed by atoms with Gasteiger partial charge in [0.05, 0.1) is 0 Å². The fourth-order valence-corrected chi connectivity index (χ4v) is 1.67. The molecule has 0 bridgehead atoms. The van der Waals surface area contributed by atoms with Crippen molar-refractivity contribution in [3.05, 3.63) is 29.8 Å². The molecule has 5 heteroatoms. The van der Waals surface area contributed by atoms with Gasteiger partial charge in [0.1, 0.15) is 0 Å². The van der Waals surface area contributed by atoms with Crippen molar-refractivity contribution in [3.8, 4) is 5.75 Å². The molecule has 0 saturated carbocycles. The third kappa shape index (κ3) is 4.08. The van der Waals surface area contributed by atoms with E-state index in [9.17, 15) is 10.2 Å². The Morgan fingerprint density at radius 2 is 1.93 bits per heavy atom. The van der Waals surface area contributed by atoms with Crippen molar-refractivity contribution in [2.45, 2.75) is 14.0 Å². The Kier molecular flexibility index (Phi) is 5.80. The molecule has 0 aliphatic heterocycles. The van der Waals surface area contributed by atoms with Crippen molar-refractivity contribution in [3.63, 3.8) is 0 Å². The molecule has 14 heavy (non-hydrogen) atoms. The van der Waals surface area contributed by atoms with Crippen molar-refractivity contribution < 1.29 is 10.2 Å². The standard InChI is InChI=1S/C9H11NO2.2Po/c11-6-5-10-7-8-3-1-2-4-9(8)12;;/h1-6,10-12H,7H2;;. The summed E-state index contributed by atoms with van der Waals surface area (Å²) in [4.78, 5) is 0. The molecule has 76 valence electrons. The molecule has 1 aromatic carbocycles. The summed E-state index contributed by atoms with van der Waals surface area (Å²) in [5.41, 5.74) is 0.870. The van der Waals surface area contributed by atoms with Gasteiger partial charge in [0.25, 0.3) is 0 Å². The Bertz CT molecular complexity index is 294. The number of para-hydroxylation sites is 1. The number of aromatic hydroxyl groups is 1. The monoisotopic (exact) mass is 583 g/mol. The van der Waals surface area contributed by atoms with Crippen LogP contribution in [-0.4, -0.2) is 67.8 Å². The first-order chi connectivity index (χ1) is 6.61. The number of phenolic OH excluding ortho intramolecular Hbond substituents is 1. The van der Waals surface area contributed by atoms with Crippen LogP contribution < -0.4 is 5.32 Å². The van der Waals surface area contributed by atoms with Gasteiger partial charge in [-0.15, -0.1) is 0 Å². The van der Waals surface area contributed by atoms with Crippen LogP contribution in [0.2, 0.25) is 0 Å². The summed E-state index contributed by atoms with van der Waals surface area (Å²) in [6.07, 6.45) is 0. The van der Waals surface area contributed by atoms with Crippen LogP contribution in [0, 0.1) is 0 Å². The zero-order valence-electron chi connectivity index (χ0n) is 7.38. The van der Waals surface area contributed by atoms with E-state index in [1.54, 1.807) is 12.1 Å². The Morgan fingerprint density at radius 1 is 1.29 bits per heavy atom. The Hall–Kier alpha value is 0.732. The average molecular weight is 583 g/mol. The van der Waals surface area contributed by atoms with Gasteiger partial charge in [-0.2, -0.15) is 0 Å². The van der Waals surface area contributed by atoms with Crippen LogP contribution in [0.25, 0.3) is 0 Å². The molecule has 0 unspecified atom stereocenters. The normalized spacial score (nSPS) is 15.1. The van der Waals surface area contributed by atoms with Gasteiger partial charge in [-0.05, 0) is 0 Å².